The summed E-state index contributed by atoms with van der Waals surface area (Å²) in [6.45, 7) is -0.699. The molecule has 2 aromatic carbocycles. The van der Waals surface area contributed by atoms with Crippen molar-refractivity contribution in [2.75, 3.05) is 6.61 Å². The summed E-state index contributed by atoms with van der Waals surface area (Å²) in [5.74, 6) is -1.81. The quantitative estimate of drug-likeness (QED) is 0.261. The van der Waals surface area contributed by atoms with Crippen molar-refractivity contribution in [3.63, 3.8) is 0 Å². The molecule has 0 bridgehead atoms. The van der Waals surface area contributed by atoms with Crippen LogP contribution >= 0.6 is 0 Å². The molecule has 5 atom stereocenters. The zero-order valence-electron chi connectivity index (χ0n) is 16.3. The van der Waals surface area contributed by atoms with Gasteiger partial charge in [0.15, 0.2) is 17.3 Å². The lowest BCUT2D eigenvalue weighted by molar-refractivity contribution is -0.277. The first kappa shape index (κ1) is 21.9. The molecule has 0 unspecified atom stereocenters. The van der Waals surface area contributed by atoms with Crippen LogP contribution in [0.25, 0.3) is 22.3 Å². The molecule has 11 nitrogen and oxygen atoms in total. The van der Waals surface area contributed by atoms with Crippen molar-refractivity contribution >= 4 is 11.0 Å². The van der Waals surface area contributed by atoms with Gasteiger partial charge in [-0.3, -0.25) is 4.79 Å². The molecule has 1 aliphatic heterocycles. The molecule has 0 saturated carbocycles. The van der Waals surface area contributed by atoms with Crippen LogP contribution in [0, 0.1) is 0 Å². The highest BCUT2D eigenvalue weighted by Gasteiger charge is 2.45. The Morgan fingerprint density at radius 1 is 0.906 bits per heavy atom. The zero-order valence-corrected chi connectivity index (χ0v) is 16.3. The Labute approximate surface area is 179 Å². The van der Waals surface area contributed by atoms with E-state index >= 15 is 0 Å². The van der Waals surface area contributed by atoms with Crippen molar-refractivity contribution in [2.24, 2.45) is 0 Å². The Bertz CT molecular complexity index is 1190. The Balaban J connectivity index is 1.87. The van der Waals surface area contributed by atoms with Crippen LogP contribution in [-0.4, -0.2) is 73.1 Å². The Hall–Kier alpha value is -3.35. The van der Waals surface area contributed by atoms with Crippen LogP contribution in [0.2, 0.25) is 0 Å². The molecule has 32 heavy (non-hydrogen) atoms. The third-order valence-corrected chi connectivity index (χ3v) is 5.16. The number of ether oxygens (including phenoxy) is 2. The SMILES string of the molecule is O=c1c(O[C@@H]2O[C@H](CO)[C@@H](O)[C@H](O)[C@H]2O)c(-c2ccc(O)cc2)oc2cc(O)c(O)cc12. The molecule has 1 saturated heterocycles. The molecule has 0 radical (unpaired) electrons. The molecule has 1 fully saturated rings. The van der Waals surface area contributed by atoms with Gasteiger partial charge in [0.2, 0.25) is 17.5 Å². The Kier molecular flexibility index (Phi) is 5.67. The number of hydrogen-bond acceptors (Lipinski definition) is 11. The van der Waals surface area contributed by atoms with E-state index in [0.29, 0.717) is 0 Å². The largest absolute Gasteiger partial charge is 0.508 e. The van der Waals surface area contributed by atoms with Crippen molar-refractivity contribution in [1.82, 2.24) is 0 Å². The molecule has 2 heterocycles. The standard InChI is InChI=1S/C21H20O11/c22-7-14-16(27)17(28)18(29)21(31-14)32-20-15(26)10-5-11(24)12(25)6-13(10)30-19(20)8-1-3-9(23)4-2-8/h1-6,14,16-18,21-25,27-29H,7H2/t14-,16-,17+,18-,21+/m1/s1. The normalized spacial score (nSPS) is 25.7. The van der Waals surface area contributed by atoms with Gasteiger partial charge in [0, 0.05) is 11.6 Å². The molecule has 0 aliphatic carbocycles. The van der Waals surface area contributed by atoms with E-state index in [1.165, 1.54) is 24.3 Å². The van der Waals surface area contributed by atoms with E-state index in [2.05, 4.69) is 0 Å². The summed E-state index contributed by atoms with van der Waals surface area (Å²) in [4.78, 5) is 13.2. The minimum atomic E-state index is -1.79. The maximum absolute atomic E-state index is 13.2. The molecule has 11 heteroatoms. The van der Waals surface area contributed by atoms with Gasteiger partial charge in [-0.2, -0.15) is 0 Å². The number of fused-ring (bicyclic) bond motifs is 1. The molecular formula is C21H20O11. The lowest BCUT2D eigenvalue weighted by Gasteiger charge is -2.39. The second kappa shape index (κ2) is 8.30. The maximum atomic E-state index is 13.2. The first-order valence-corrected chi connectivity index (χ1v) is 9.50. The van der Waals surface area contributed by atoms with Crippen molar-refractivity contribution in [1.29, 1.82) is 0 Å². The van der Waals surface area contributed by atoms with Crippen molar-refractivity contribution in [3.8, 4) is 34.3 Å². The Morgan fingerprint density at radius 2 is 1.56 bits per heavy atom. The number of aliphatic hydroxyl groups is 4. The van der Waals surface area contributed by atoms with Crippen LogP contribution in [0.3, 0.4) is 0 Å². The van der Waals surface area contributed by atoms with E-state index < -0.39 is 60.0 Å². The molecule has 1 aromatic heterocycles. The van der Waals surface area contributed by atoms with Crippen LogP contribution in [-0.2, 0) is 4.74 Å². The van der Waals surface area contributed by atoms with E-state index in [9.17, 15) is 40.5 Å². The van der Waals surface area contributed by atoms with Gasteiger partial charge < -0.3 is 49.6 Å². The zero-order chi connectivity index (χ0) is 23.2. The molecule has 170 valence electrons. The predicted molar refractivity (Wildman–Crippen MR) is 107 cm³/mol. The number of aliphatic hydroxyl groups excluding tert-OH is 4. The van der Waals surface area contributed by atoms with Gasteiger partial charge in [0.25, 0.3) is 0 Å². The molecule has 3 aromatic rings. The van der Waals surface area contributed by atoms with Gasteiger partial charge in [-0.1, -0.05) is 0 Å². The first-order valence-electron chi connectivity index (χ1n) is 9.50. The second-order valence-corrected chi connectivity index (χ2v) is 7.29. The van der Waals surface area contributed by atoms with E-state index in [4.69, 9.17) is 13.9 Å². The number of aromatic hydroxyl groups is 3. The molecule has 0 amide bonds. The van der Waals surface area contributed by atoms with Gasteiger partial charge in [-0.25, -0.2) is 0 Å². The monoisotopic (exact) mass is 448 g/mol. The second-order valence-electron chi connectivity index (χ2n) is 7.29. The van der Waals surface area contributed by atoms with Crippen LogP contribution in [0.1, 0.15) is 0 Å². The van der Waals surface area contributed by atoms with Crippen molar-refractivity contribution in [3.05, 3.63) is 46.6 Å². The van der Waals surface area contributed by atoms with Gasteiger partial charge in [-0.15, -0.1) is 0 Å². The average Bonchev–Trinajstić information content (AvgIpc) is 2.77. The highest BCUT2D eigenvalue weighted by molar-refractivity contribution is 5.85. The average molecular weight is 448 g/mol. The topological polar surface area (TPSA) is 190 Å². The smallest absolute Gasteiger partial charge is 0.235 e. The lowest BCUT2D eigenvalue weighted by Crippen LogP contribution is -2.60. The van der Waals surface area contributed by atoms with Crippen LogP contribution in [0.5, 0.6) is 23.0 Å². The third kappa shape index (κ3) is 3.72. The molecule has 7 N–H and O–H groups in total. The summed E-state index contributed by atoms with van der Waals surface area (Å²) in [5.41, 5.74) is -0.620. The molecule has 0 spiro atoms. The van der Waals surface area contributed by atoms with Gasteiger partial charge in [-0.05, 0) is 30.3 Å². The lowest BCUT2D eigenvalue weighted by atomic mass is 9.99. The van der Waals surface area contributed by atoms with Gasteiger partial charge >= 0.3 is 0 Å². The summed E-state index contributed by atoms with van der Waals surface area (Å²) in [6.07, 6.45) is -8.10. The minimum absolute atomic E-state index is 0.0594. The van der Waals surface area contributed by atoms with E-state index in [-0.39, 0.29) is 28.0 Å². The summed E-state index contributed by atoms with van der Waals surface area (Å²) in [5, 5.41) is 68.6. The van der Waals surface area contributed by atoms with E-state index in [1.54, 1.807) is 0 Å². The van der Waals surface area contributed by atoms with Crippen molar-refractivity contribution < 1.29 is 49.6 Å². The number of phenolic OH excluding ortho intramolecular Hbond substituents is 3. The van der Waals surface area contributed by atoms with Crippen molar-refractivity contribution in [2.45, 2.75) is 30.7 Å². The first-order chi connectivity index (χ1) is 15.2. The van der Waals surface area contributed by atoms with Crippen LogP contribution < -0.4 is 10.2 Å². The Morgan fingerprint density at radius 3 is 2.22 bits per heavy atom. The van der Waals surface area contributed by atoms with Crippen LogP contribution in [0.4, 0.5) is 0 Å². The van der Waals surface area contributed by atoms with E-state index in [0.717, 1.165) is 12.1 Å². The van der Waals surface area contributed by atoms with Gasteiger partial charge in [0.05, 0.1) is 12.0 Å². The third-order valence-electron chi connectivity index (χ3n) is 5.16. The molecule has 4 rings (SSSR count). The minimum Gasteiger partial charge on any atom is -0.508 e. The highest BCUT2D eigenvalue weighted by atomic mass is 16.7. The number of hydrogen-bond donors (Lipinski definition) is 7. The number of rotatable bonds is 4. The summed E-state index contributed by atoms with van der Waals surface area (Å²) in [6, 6.07) is 7.49. The molecule has 1 aliphatic rings. The number of phenols is 3. The fraction of sp³-hybridized carbons (Fsp3) is 0.286. The van der Waals surface area contributed by atoms with E-state index in [1.807, 2.05) is 0 Å². The molecular weight excluding hydrogens is 428 g/mol. The fourth-order valence-electron chi connectivity index (χ4n) is 3.39. The fourth-order valence-corrected chi connectivity index (χ4v) is 3.39. The van der Waals surface area contributed by atoms with Gasteiger partial charge in [0.1, 0.15) is 35.7 Å². The maximum Gasteiger partial charge on any atom is 0.235 e. The summed E-state index contributed by atoms with van der Waals surface area (Å²) in [7, 11) is 0. The summed E-state index contributed by atoms with van der Waals surface area (Å²) >= 11 is 0. The van der Waals surface area contributed by atoms with Crippen LogP contribution in [0.15, 0.2) is 45.6 Å². The number of benzene rings is 2. The predicted octanol–water partition coefficient (Wildman–Crippen LogP) is -0.244. The summed E-state index contributed by atoms with van der Waals surface area (Å²) < 4.78 is 16.6. The highest BCUT2D eigenvalue weighted by Crippen LogP contribution is 2.37.